The number of phenols is 1. The predicted molar refractivity (Wildman–Crippen MR) is 64.6 cm³/mol. The standard InChI is InChI=1S/C12H10N2O3/c13-11-6-3-9(7-12(11)15)8-1-4-10(5-2-8)14(16)17/h1-7,15H,13H2. The molecule has 0 bridgehead atoms. The van der Waals surface area contributed by atoms with Crippen molar-refractivity contribution in [1.82, 2.24) is 0 Å². The van der Waals surface area contributed by atoms with E-state index in [1.165, 1.54) is 18.2 Å². The Morgan fingerprint density at radius 1 is 1.06 bits per heavy atom. The summed E-state index contributed by atoms with van der Waals surface area (Å²) in [5.74, 6) is 0.000790. The van der Waals surface area contributed by atoms with Crippen molar-refractivity contribution in [2.75, 3.05) is 5.73 Å². The van der Waals surface area contributed by atoms with Gasteiger partial charge in [-0.05, 0) is 35.4 Å². The van der Waals surface area contributed by atoms with Gasteiger partial charge in [0, 0.05) is 12.1 Å². The zero-order valence-electron chi connectivity index (χ0n) is 8.83. The van der Waals surface area contributed by atoms with Gasteiger partial charge in [-0.2, -0.15) is 0 Å². The van der Waals surface area contributed by atoms with E-state index in [4.69, 9.17) is 5.73 Å². The Morgan fingerprint density at radius 2 is 1.65 bits per heavy atom. The van der Waals surface area contributed by atoms with Crippen molar-refractivity contribution in [2.45, 2.75) is 0 Å². The van der Waals surface area contributed by atoms with Crippen LogP contribution in [0.1, 0.15) is 0 Å². The Hall–Kier alpha value is -2.56. The van der Waals surface area contributed by atoms with Gasteiger partial charge in [-0.25, -0.2) is 0 Å². The molecule has 0 aliphatic carbocycles. The fraction of sp³-hybridized carbons (Fsp3) is 0. The Labute approximate surface area is 97.3 Å². The first-order valence-corrected chi connectivity index (χ1v) is 4.91. The van der Waals surface area contributed by atoms with Crippen LogP contribution >= 0.6 is 0 Å². The van der Waals surface area contributed by atoms with Crippen LogP contribution in [0.25, 0.3) is 11.1 Å². The lowest BCUT2D eigenvalue weighted by Gasteiger charge is -2.04. The summed E-state index contributed by atoms with van der Waals surface area (Å²) in [5, 5.41) is 20.0. The number of rotatable bonds is 2. The minimum absolute atomic E-state index is 0.000790. The van der Waals surface area contributed by atoms with Crippen molar-refractivity contribution in [2.24, 2.45) is 0 Å². The third-order valence-electron chi connectivity index (χ3n) is 2.44. The first-order chi connectivity index (χ1) is 8.08. The van der Waals surface area contributed by atoms with Crippen molar-refractivity contribution in [1.29, 1.82) is 0 Å². The van der Waals surface area contributed by atoms with E-state index >= 15 is 0 Å². The third-order valence-corrected chi connectivity index (χ3v) is 2.44. The highest BCUT2D eigenvalue weighted by Gasteiger charge is 2.06. The molecule has 0 saturated carbocycles. The number of aromatic hydroxyl groups is 1. The largest absolute Gasteiger partial charge is 0.506 e. The second-order valence-corrected chi connectivity index (χ2v) is 3.58. The smallest absolute Gasteiger partial charge is 0.269 e. The Bertz CT molecular complexity index is 564. The van der Waals surface area contributed by atoms with Crippen molar-refractivity contribution >= 4 is 11.4 Å². The van der Waals surface area contributed by atoms with E-state index in [0.717, 1.165) is 11.1 Å². The summed E-state index contributed by atoms with van der Waals surface area (Å²) in [4.78, 5) is 10.0. The minimum Gasteiger partial charge on any atom is -0.506 e. The quantitative estimate of drug-likeness (QED) is 0.359. The van der Waals surface area contributed by atoms with Gasteiger partial charge in [0.2, 0.25) is 0 Å². The van der Waals surface area contributed by atoms with Crippen molar-refractivity contribution < 1.29 is 10.0 Å². The van der Waals surface area contributed by atoms with Crippen molar-refractivity contribution in [3.63, 3.8) is 0 Å². The van der Waals surface area contributed by atoms with Crippen LogP contribution in [-0.2, 0) is 0 Å². The van der Waals surface area contributed by atoms with Crippen LogP contribution in [0.15, 0.2) is 42.5 Å². The lowest BCUT2D eigenvalue weighted by atomic mass is 10.0. The molecular formula is C12H10N2O3. The molecule has 2 rings (SSSR count). The average molecular weight is 230 g/mol. The third kappa shape index (κ3) is 2.17. The van der Waals surface area contributed by atoms with Crippen LogP contribution in [0.4, 0.5) is 11.4 Å². The summed E-state index contributed by atoms with van der Waals surface area (Å²) >= 11 is 0. The van der Waals surface area contributed by atoms with Gasteiger partial charge in [-0.3, -0.25) is 10.1 Å². The number of nitrogen functional groups attached to an aromatic ring is 1. The number of benzene rings is 2. The topological polar surface area (TPSA) is 89.4 Å². The van der Waals surface area contributed by atoms with Crippen LogP contribution < -0.4 is 5.73 Å². The summed E-state index contributed by atoms with van der Waals surface area (Å²) < 4.78 is 0. The van der Waals surface area contributed by atoms with Crippen LogP contribution in [0, 0.1) is 10.1 Å². The van der Waals surface area contributed by atoms with Crippen LogP contribution in [0.2, 0.25) is 0 Å². The van der Waals surface area contributed by atoms with Gasteiger partial charge in [-0.1, -0.05) is 6.07 Å². The number of nitro benzene ring substituents is 1. The SMILES string of the molecule is Nc1ccc(-c2ccc([N+](=O)[O-])cc2)cc1O. The summed E-state index contributed by atoms with van der Waals surface area (Å²) in [7, 11) is 0. The monoisotopic (exact) mass is 230 g/mol. The molecule has 3 N–H and O–H groups in total. The van der Waals surface area contributed by atoms with Gasteiger partial charge in [0.1, 0.15) is 5.75 Å². The number of nitrogens with zero attached hydrogens (tertiary/aromatic N) is 1. The molecule has 17 heavy (non-hydrogen) atoms. The van der Waals surface area contributed by atoms with E-state index in [1.54, 1.807) is 24.3 Å². The number of nitro groups is 1. The lowest BCUT2D eigenvalue weighted by Crippen LogP contribution is -1.88. The van der Waals surface area contributed by atoms with Gasteiger partial charge < -0.3 is 10.8 Å². The average Bonchev–Trinajstić information content (AvgIpc) is 2.33. The van der Waals surface area contributed by atoms with E-state index in [9.17, 15) is 15.2 Å². The number of hydrogen-bond acceptors (Lipinski definition) is 4. The fourth-order valence-electron chi connectivity index (χ4n) is 1.50. The summed E-state index contributed by atoms with van der Waals surface area (Å²) in [6, 6.07) is 11.0. The molecule has 5 heteroatoms. The second-order valence-electron chi connectivity index (χ2n) is 3.58. The van der Waals surface area contributed by atoms with E-state index in [-0.39, 0.29) is 11.4 Å². The van der Waals surface area contributed by atoms with Gasteiger partial charge in [0.15, 0.2) is 0 Å². The van der Waals surface area contributed by atoms with Gasteiger partial charge in [-0.15, -0.1) is 0 Å². The molecule has 0 radical (unpaired) electrons. The number of phenolic OH excluding ortho intramolecular Hbond substituents is 1. The number of nitrogens with two attached hydrogens (primary N) is 1. The summed E-state index contributed by atoms with van der Waals surface area (Å²) in [5.41, 5.74) is 7.37. The molecule has 5 nitrogen and oxygen atoms in total. The Kier molecular flexibility index (Phi) is 2.66. The van der Waals surface area contributed by atoms with Crippen molar-refractivity contribution in [3.8, 4) is 16.9 Å². The lowest BCUT2D eigenvalue weighted by molar-refractivity contribution is -0.384. The first kappa shape index (κ1) is 10.9. The molecular weight excluding hydrogens is 220 g/mol. The summed E-state index contributed by atoms with van der Waals surface area (Å²) in [6.07, 6.45) is 0. The van der Waals surface area contributed by atoms with Crippen LogP contribution in [-0.4, -0.2) is 10.0 Å². The maximum atomic E-state index is 10.5. The molecule has 0 amide bonds. The van der Waals surface area contributed by atoms with Crippen LogP contribution in [0.5, 0.6) is 5.75 Å². The Morgan fingerprint density at radius 3 is 2.18 bits per heavy atom. The molecule has 0 saturated heterocycles. The van der Waals surface area contributed by atoms with Crippen molar-refractivity contribution in [3.05, 3.63) is 52.6 Å². The molecule has 0 aliphatic heterocycles. The Balaban J connectivity index is 2.39. The van der Waals surface area contributed by atoms with E-state index in [0.29, 0.717) is 5.69 Å². The van der Waals surface area contributed by atoms with Crippen LogP contribution in [0.3, 0.4) is 0 Å². The van der Waals surface area contributed by atoms with Gasteiger partial charge in [0.25, 0.3) is 5.69 Å². The normalized spacial score (nSPS) is 10.1. The van der Waals surface area contributed by atoms with E-state index in [2.05, 4.69) is 0 Å². The maximum absolute atomic E-state index is 10.5. The molecule has 86 valence electrons. The molecule has 0 spiro atoms. The molecule has 0 atom stereocenters. The minimum atomic E-state index is -0.454. The van der Waals surface area contributed by atoms with Gasteiger partial charge in [0.05, 0.1) is 10.6 Å². The molecule has 0 unspecified atom stereocenters. The zero-order chi connectivity index (χ0) is 12.4. The molecule has 0 aliphatic rings. The van der Waals surface area contributed by atoms with Gasteiger partial charge >= 0.3 is 0 Å². The molecule has 2 aromatic carbocycles. The highest BCUT2D eigenvalue weighted by Crippen LogP contribution is 2.28. The highest BCUT2D eigenvalue weighted by atomic mass is 16.6. The zero-order valence-corrected chi connectivity index (χ0v) is 8.83. The molecule has 0 heterocycles. The number of anilines is 1. The second kappa shape index (κ2) is 4.13. The van der Waals surface area contributed by atoms with E-state index in [1.807, 2.05) is 0 Å². The summed E-state index contributed by atoms with van der Waals surface area (Å²) in [6.45, 7) is 0. The molecule has 0 aromatic heterocycles. The highest BCUT2D eigenvalue weighted by molar-refractivity contribution is 5.70. The number of non-ortho nitro benzene ring substituents is 1. The molecule has 0 fully saturated rings. The predicted octanol–water partition coefficient (Wildman–Crippen LogP) is 2.55. The molecule has 2 aromatic rings. The fourth-order valence-corrected chi connectivity index (χ4v) is 1.50. The number of hydrogen-bond donors (Lipinski definition) is 2. The first-order valence-electron chi connectivity index (χ1n) is 4.91. The maximum Gasteiger partial charge on any atom is 0.269 e. The van der Waals surface area contributed by atoms with E-state index < -0.39 is 4.92 Å².